The Bertz CT molecular complexity index is 835. The normalized spacial score (nSPS) is 13.3. The summed E-state index contributed by atoms with van der Waals surface area (Å²) in [6.45, 7) is 4.40. The van der Waals surface area contributed by atoms with Gasteiger partial charge in [0, 0.05) is 16.1 Å². The summed E-state index contributed by atoms with van der Waals surface area (Å²) in [5, 5.41) is 0. The molecule has 0 atom stereocenters. The SMILES string of the molecule is Cc1sc2nc(-c3ccc4c(c3)OCO4)c(N)n2c1C. The number of ether oxygens (including phenoxy) is 2. The zero-order valence-corrected chi connectivity index (χ0v) is 12.0. The van der Waals surface area contributed by atoms with E-state index in [9.17, 15) is 0 Å². The second-order valence-electron chi connectivity index (χ2n) is 4.78. The fourth-order valence-corrected chi connectivity index (χ4v) is 3.41. The van der Waals surface area contributed by atoms with Gasteiger partial charge >= 0.3 is 0 Å². The van der Waals surface area contributed by atoms with Crippen LogP contribution in [-0.2, 0) is 0 Å². The van der Waals surface area contributed by atoms with Crippen molar-refractivity contribution in [2.24, 2.45) is 0 Å². The van der Waals surface area contributed by atoms with Crippen molar-refractivity contribution >= 4 is 22.1 Å². The molecule has 0 radical (unpaired) electrons. The van der Waals surface area contributed by atoms with Gasteiger partial charge in [-0.05, 0) is 32.0 Å². The van der Waals surface area contributed by atoms with Gasteiger partial charge in [-0.15, -0.1) is 11.3 Å². The average molecular weight is 287 g/mol. The van der Waals surface area contributed by atoms with Gasteiger partial charge in [-0.25, -0.2) is 4.98 Å². The third-order valence-corrected chi connectivity index (χ3v) is 4.68. The second kappa shape index (κ2) is 3.89. The van der Waals surface area contributed by atoms with Crippen LogP contribution in [0.1, 0.15) is 10.6 Å². The molecule has 0 unspecified atom stereocenters. The van der Waals surface area contributed by atoms with Crippen molar-refractivity contribution in [2.45, 2.75) is 13.8 Å². The predicted molar refractivity (Wildman–Crippen MR) is 78.5 cm³/mol. The molecule has 1 aromatic carbocycles. The second-order valence-corrected chi connectivity index (χ2v) is 5.96. The van der Waals surface area contributed by atoms with E-state index < -0.39 is 0 Å². The fraction of sp³-hybridized carbons (Fsp3) is 0.214. The van der Waals surface area contributed by atoms with Gasteiger partial charge in [0.2, 0.25) is 6.79 Å². The van der Waals surface area contributed by atoms with Crippen molar-refractivity contribution < 1.29 is 9.47 Å². The monoisotopic (exact) mass is 287 g/mol. The standard InChI is InChI=1S/C14H13N3O2S/c1-7-8(2)20-14-16-12(13(15)17(7)14)9-3-4-10-11(5-9)19-6-18-10/h3-5H,6,15H2,1-2H3. The van der Waals surface area contributed by atoms with Crippen molar-refractivity contribution in [2.75, 3.05) is 12.5 Å². The minimum Gasteiger partial charge on any atom is -0.454 e. The maximum Gasteiger partial charge on any atom is 0.231 e. The Kier molecular flexibility index (Phi) is 2.26. The van der Waals surface area contributed by atoms with Crippen LogP contribution in [0.3, 0.4) is 0 Å². The minimum absolute atomic E-state index is 0.269. The van der Waals surface area contributed by atoms with Gasteiger partial charge in [-0.2, -0.15) is 0 Å². The van der Waals surface area contributed by atoms with E-state index in [0.717, 1.165) is 33.4 Å². The van der Waals surface area contributed by atoms with Crippen LogP contribution in [-0.4, -0.2) is 16.2 Å². The van der Waals surface area contributed by atoms with E-state index in [2.05, 4.69) is 18.8 Å². The molecule has 0 spiro atoms. The number of aryl methyl sites for hydroxylation is 2. The summed E-state index contributed by atoms with van der Waals surface area (Å²) in [5.74, 6) is 2.17. The lowest BCUT2D eigenvalue weighted by molar-refractivity contribution is 0.174. The Morgan fingerprint density at radius 2 is 2.05 bits per heavy atom. The number of aromatic nitrogens is 2. The van der Waals surface area contributed by atoms with Crippen LogP contribution in [0.4, 0.5) is 5.82 Å². The highest BCUT2D eigenvalue weighted by atomic mass is 32.1. The van der Waals surface area contributed by atoms with Gasteiger partial charge in [-0.1, -0.05) is 0 Å². The van der Waals surface area contributed by atoms with Crippen molar-refractivity contribution in [3.8, 4) is 22.8 Å². The third kappa shape index (κ3) is 1.45. The van der Waals surface area contributed by atoms with Crippen molar-refractivity contribution in [3.05, 3.63) is 28.8 Å². The molecule has 0 bridgehead atoms. The summed E-state index contributed by atoms with van der Waals surface area (Å²) < 4.78 is 12.7. The highest BCUT2D eigenvalue weighted by Gasteiger charge is 2.19. The van der Waals surface area contributed by atoms with Crippen LogP contribution in [0.5, 0.6) is 11.5 Å². The molecule has 0 aliphatic carbocycles. The molecule has 102 valence electrons. The Morgan fingerprint density at radius 1 is 1.25 bits per heavy atom. The molecule has 4 rings (SSSR count). The lowest BCUT2D eigenvalue weighted by atomic mass is 10.1. The van der Waals surface area contributed by atoms with Gasteiger partial charge < -0.3 is 15.2 Å². The number of anilines is 1. The molecule has 0 saturated heterocycles. The van der Waals surface area contributed by atoms with Crippen LogP contribution < -0.4 is 15.2 Å². The zero-order valence-electron chi connectivity index (χ0n) is 11.1. The molecule has 0 amide bonds. The summed E-state index contributed by atoms with van der Waals surface area (Å²) >= 11 is 1.65. The van der Waals surface area contributed by atoms with Crippen molar-refractivity contribution in [1.29, 1.82) is 0 Å². The van der Waals surface area contributed by atoms with Crippen LogP contribution in [0, 0.1) is 13.8 Å². The Morgan fingerprint density at radius 3 is 2.85 bits per heavy atom. The number of nitrogens with zero attached hydrogens (tertiary/aromatic N) is 2. The number of benzene rings is 1. The number of imidazole rings is 1. The number of rotatable bonds is 1. The van der Waals surface area contributed by atoms with E-state index in [1.165, 1.54) is 4.88 Å². The maximum atomic E-state index is 6.27. The zero-order chi connectivity index (χ0) is 13.9. The summed E-state index contributed by atoms with van der Waals surface area (Å²) in [6.07, 6.45) is 0. The topological polar surface area (TPSA) is 61.8 Å². The van der Waals surface area contributed by atoms with E-state index in [-0.39, 0.29) is 6.79 Å². The van der Waals surface area contributed by atoms with Gasteiger partial charge in [0.05, 0.1) is 0 Å². The van der Waals surface area contributed by atoms with Crippen LogP contribution >= 0.6 is 11.3 Å². The molecule has 1 aliphatic heterocycles. The molecule has 3 heterocycles. The minimum atomic E-state index is 0.269. The molecule has 3 aromatic rings. The fourth-order valence-electron chi connectivity index (χ4n) is 2.43. The number of nitrogen functional groups attached to an aromatic ring is 1. The lowest BCUT2D eigenvalue weighted by Gasteiger charge is -2.02. The smallest absolute Gasteiger partial charge is 0.231 e. The molecule has 0 saturated carbocycles. The molecule has 5 nitrogen and oxygen atoms in total. The molecule has 0 fully saturated rings. The van der Waals surface area contributed by atoms with E-state index in [0.29, 0.717) is 5.82 Å². The molecule has 2 aromatic heterocycles. The van der Waals surface area contributed by atoms with Crippen molar-refractivity contribution in [3.63, 3.8) is 0 Å². The Labute approximate surface area is 119 Å². The number of thiazole rings is 1. The van der Waals surface area contributed by atoms with Gasteiger partial charge in [0.25, 0.3) is 0 Å². The predicted octanol–water partition coefficient (Wildman–Crippen LogP) is 2.99. The maximum absolute atomic E-state index is 6.27. The summed E-state index contributed by atoms with van der Waals surface area (Å²) in [5.41, 5.74) is 9.14. The highest BCUT2D eigenvalue weighted by Crippen LogP contribution is 2.38. The quantitative estimate of drug-likeness (QED) is 0.747. The van der Waals surface area contributed by atoms with Gasteiger partial charge in [0.15, 0.2) is 16.5 Å². The van der Waals surface area contributed by atoms with Gasteiger partial charge in [-0.3, -0.25) is 4.40 Å². The lowest BCUT2D eigenvalue weighted by Crippen LogP contribution is -1.95. The largest absolute Gasteiger partial charge is 0.454 e. The number of hydrogen-bond donors (Lipinski definition) is 1. The molecular weight excluding hydrogens is 274 g/mol. The summed E-state index contributed by atoms with van der Waals surface area (Å²) in [6, 6.07) is 5.77. The first-order valence-corrected chi connectivity index (χ1v) is 7.11. The number of hydrogen-bond acceptors (Lipinski definition) is 5. The van der Waals surface area contributed by atoms with E-state index in [1.807, 2.05) is 22.6 Å². The molecule has 6 heteroatoms. The molecular formula is C14H13N3O2S. The molecule has 20 heavy (non-hydrogen) atoms. The van der Waals surface area contributed by atoms with Crippen LogP contribution in [0.15, 0.2) is 18.2 Å². The first kappa shape index (κ1) is 11.6. The summed E-state index contributed by atoms with van der Waals surface area (Å²) in [4.78, 5) is 6.80. The molecule has 1 aliphatic rings. The Balaban J connectivity index is 1.92. The third-order valence-electron chi connectivity index (χ3n) is 3.62. The van der Waals surface area contributed by atoms with Gasteiger partial charge in [0.1, 0.15) is 11.5 Å². The highest BCUT2D eigenvalue weighted by molar-refractivity contribution is 7.17. The number of nitrogens with two attached hydrogens (primary N) is 1. The summed E-state index contributed by atoms with van der Waals surface area (Å²) in [7, 11) is 0. The van der Waals surface area contributed by atoms with Crippen LogP contribution in [0.25, 0.3) is 16.2 Å². The van der Waals surface area contributed by atoms with Crippen molar-refractivity contribution in [1.82, 2.24) is 9.38 Å². The molecule has 2 N–H and O–H groups in total. The first-order valence-electron chi connectivity index (χ1n) is 6.29. The Hall–Kier alpha value is -2.21. The number of fused-ring (bicyclic) bond motifs is 2. The van der Waals surface area contributed by atoms with E-state index in [1.54, 1.807) is 11.3 Å². The average Bonchev–Trinajstić information content (AvgIpc) is 3.08. The van der Waals surface area contributed by atoms with E-state index >= 15 is 0 Å². The van der Waals surface area contributed by atoms with Crippen LogP contribution in [0.2, 0.25) is 0 Å². The van der Waals surface area contributed by atoms with E-state index in [4.69, 9.17) is 15.2 Å². The first-order chi connectivity index (χ1) is 9.65.